The number of nitrogens with zero attached hydrogens (tertiary/aromatic N) is 1. The molecule has 1 heterocycles. The molecule has 0 spiro atoms. The molecule has 2 heteroatoms. The Morgan fingerprint density at radius 1 is 1.05 bits per heavy atom. The first-order valence-corrected chi connectivity index (χ1v) is 7.27. The summed E-state index contributed by atoms with van der Waals surface area (Å²) in [7, 11) is 1.80. The molecule has 3 aromatic rings. The van der Waals surface area contributed by atoms with Crippen LogP contribution in [0, 0.1) is 13.8 Å². The van der Waals surface area contributed by atoms with Crippen LogP contribution in [0.4, 0.5) is 0 Å². The van der Waals surface area contributed by atoms with E-state index in [1.54, 1.807) is 7.05 Å². The van der Waals surface area contributed by atoms with Crippen LogP contribution in [0.5, 0.6) is 0 Å². The fourth-order valence-corrected chi connectivity index (χ4v) is 3.22. The highest BCUT2D eigenvalue weighted by molar-refractivity contribution is 6.10. The lowest BCUT2D eigenvalue weighted by molar-refractivity contribution is 1.33. The Labute approximate surface area is 124 Å². The second-order valence-corrected chi connectivity index (χ2v) is 5.36. The summed E-state index contributed by atoms with van der Waals surface area (Å²) in [6, 6.07) is 8.51. The highest BCUT2D eigenvalue weighted by atomic mass is 14.7. The summed E-state index contributed by atoms with van der Waals surface area (Å²) in [6.45, 7) is 6.49. The van der Waals surface area contributed by atoms with Crippen LogP contribution in [-0.4, -0.2) is 18.2 Å². The molecule has 106 valence electrons. The first-order chi connectivity index (χ1) is 10.2. The molecule has 0 unspecified atom stereocenters. The molecule has 0 bridgehead atoms. The van der Waals surface area contributed by atoms with E-state index in [4.69, 9.17) is 0 Å². The smallest absolute Gasteiger partial charge is 0.0503 e. The molecule has 0 amide bonds. The van der Waals surface area contributed by atoms with E-state index in [0.717, 1.165) is 0 Å². The van der Waals surface area contributed by atoms with E-state index < -0.39 is 0 Å². The van der Waals surface area contributed by atoms with Crippen molar-refractivity contribution in [1.29, 1.82) is 0 Å². The van der Waals surface area contributed by atoms with Crippen LogP contribution in [0.25, 0.3) is 34.0 Å². The number of rotatable bonds is 1. The molecule has 0 aliphatic carbocycles. The number of aromatic nitrogens is 1. The molecule has 0 saturated carbocycles. The van der Waals surface area contributed by atoms with E-state index in [2.05, 4.69) is 67.2 Å². The number of hydrogen-bond acceptors (Lipinski definition) is 1. The maximum Gasteiger partial charge on any atom is 0.0503 e. The SMILES string of the molecule is C/C=c1/c(C)c2c([nH]c3ccccc32)c(C)/c1=C/C=NC. The molecular formula is C19H20N2. The van der Waals surface area contributed by atoms with Gasteiger partial charge in [-0.2, -0.15) is 0 Å². The van der Waals surface area contributed by atoms with Crippen molar-refractivity contribution in [3.05, 3.63) is 45.8 Å². The zero-order valence-electron chi connectivity index (χ0n) is 13.0. The molecule has 1 N–H and O–H groups in total. The van der Waals surface area contributed by atoms with Crippen molar-refractivity contribution in [3.8, 4) is 0 Å². The van der Waals surface area contributed by atoms with Gasteiger partial charge in [0.25, 0.3) is 0 Å². The van der Waals surface area contributed by atoms with Gasteiger partial charge in [-0.3, -0.25) is 4.99 Å². The average Bonchev–Trinajstić information content (AvgIpc) is 2.89. The van der Waals surface area contributed by atoms with Gasteiger partial charge in [-0.15, -0.1) is 0 Å². The van der Waals surface area contributed by atoms with Gasteiger partial charge in [0.15, 0.2) is 0 Å². The lowest BCUT2D eigenvalue weighted by Gasteiger charge is -2.05. The van der Waals surface area contributed by atoms with Crippen LogP contribution in [0.2, 0.25) is 0 Å². The minimum absolute atomic E-state index is 1.20. The number of benzene rings is 2. The second-order valence-electron chi connectivity index (χ2n) is 5.36. The summed E-state index contributed by atoms with van der Waals surface area (Å²) in [5, 5.41) is 5.18. The van der Waals surface area contributed by atoms with E-state index in [1.165, 1.54) is 43.4 Å². The number of fused-ring (bicyclic) bond motifs is 3. The number of aromatic amines is 1. The van der Waals surface area contributed by atoms with Crippen molar-refractivity contribution >= 4 is 40.2 Å². The molecule has 0 aliphatic heterocycles. The van der Waals surface area contributed by atoms with Crippen molar-refractivity contribution in [3.63, 3.8) is 0 Å². The third kappa shape index (κ3) is 1.99. The molecule has 0 saturated heterocycles. The van der Waals surface area contributed by atoms with E-state index >= 15 is 0 Å². The Morgan fingerprint density at radius 2 is 1.81 bits per heavy atom. The monoisotopic (exact) mass is 276 g/mol. The Morgan fingerprint density at radius 3 is 2.52 bits per heavy atom. The number of aliphatic imine (C=N–C) groups is 1. The van der Waals surface area contributed by atoms with Gasteiger partial charge in [0.1, 0.15) is 0 Å². The van der Waals surface area contributed by atoms with Gasteiger partial charge in [-0.25, -0.2) is 0 Å². The highest BCUT2D eigenvalue weighted by Gasteiger charge is 2.11. The van der Waals surface area contributed by atoms with Gasteiger partial charge in [0.05, 0.1) is 5.52 Å². The third-order valence-electron chi connectivity index (χ3n) is 4.23. The minimum Gasteiger partial charge on any atom is -0.354 e. The molecule has 21 heavy (non-hydrogen) atoms. The Bertz CT molecular complexity index is 972. The summed E-state index contributed by atoms with van der Waals surface area (Å²) < 4.78 is 0. The molecular weight excluding hydrogens is 256 g/mol. The first kappa shape index (κ1) is 13.6. The number of hydrogen-bond donors (Lipinski definition) is 1. The fraction of sp³-hybridized carbons (Fsp3) is 0.211. The van der Waals surface area contributed by atoms with Gasteiger partial charge in [0.2, 0.25) is 0 Å². The quantitative estimate of drug-likeness (QED) is 0.661. The van der Waals surface area contributed by atoms with Crippen molar-refractivity contribution in [2.24, 2.45) is 4.99 Å². The van der Waals surface area contributed by atoms with Gasteiger partial charge >= 0.3 is 0 Å². The molecule has 2 aromatic carbocycles. The van der Waals surface area contributed by atoms with Crippen molar-refractivity contribution < 1.29 is 0 Å². The molecule has 0 radical (unpaired) electrons. The molecule has 0 fully saturated rings. The van der Waals surface area contributed by atoms with Crippen LogP contribution in [0.3, 0.4) is 0 Å². The molecule has 0 aliphatic rings. The summed E-state index contributed by atoms with van der Waals surface area (Å²) in [6.07, 6.45) is 6.16. The standard InChI is InChI=1S/C19H20N2/c1-5-14-12(2)18-16-8-6-7-9-17(16)21-19(18)13(3)15(14)10-11-20-4/h5-11,21H,1-4H3/b14-5-,15-10-,20-11?. The number of para-hydroxylation sites is 1. The number of nitrogens with one attached hydrogen (secondary N) is 1. The maximum atomic E-state index is 4.10. The molecule has 1 aromatic heterocycles. The van der Waals surface area contributed by atoms with Crippen LogP contribution in [-0.2, 0) is 0 Å². The molecule has 0 atom stereocenters. The molecule has 3 rings (SSSR count). The summed E-state index contributed by atoms with van der Waals surface area (Å²) in [4.78, 5) is 7.67. The van der Waals surface area contributed by atoms with Crippen molar-refractivity contribution in [2.45, 2.75) is 20.8 Å². The topological polar surface area (TPSA) is 28.1 Å². The average molecular weight is 276 g/mol. The Kier molecular flexibility index (Phi) is 3.38. The normalized spacial score (nSPS) is 14.1. The summed E-state index contributed by atoms with van der Waals surface area (Å²) >= 11 is 0. The zero-order chi connectivity index (χ0) is 15.0. The molecule has 2 nitrogen and oxygen atoms in total. The van der Waals surface area contributed by atoms with Crippen molar-refractivity contribution in [1.82, 2.24) is 4.98 Å². The maximum absolute atomic E-state index is 4.10. The first-order valence-electron chi connectivity index (χ1n) is 7.27. The zero-order valence-corrected chi connectivity index (χ0v) is 13.0. The van der Waals surface area contributed by atoms with E-state index in [9.17, 15) is 0 Å². The predicted molar refractivity (Wildman–Crippen MR) is 93.5 cm³/mol. The summed E-state index contributed by atoms with van der Waals surface area (Å²) in [5.74, 6) is 0. The minimum atomic E-state index is 1.20. The van der Waals surface area contributed by atoms with E-state index in [0.29, 0.717) is 0 Å². The van der Waals surface area contributed by atoms with Crippen LogP contribution in [0.1, 0.15) is 18.1 Å². The van der Waals surface area contributed by atoms with Crippen molar-refractivity contribution in [2.75, 3.05) is 7.05 Å². The lowest BCUT2D eigenvalue weighted by Crippen LogP contribution is -2.30. The Balaban J connectivity index is 2.65. The predicted octanol–water partition coefficient (Wildman–Crippen LogP) is 3.22. The fourth-order valence-electron chi connectivity index (χ4n) is 3.22. The number of aryl methyl sites for hydroxylation is 2. The largest absolute Gasteiger partial charge is 0.354 e. The van der Waals surface area contributed by atoms with Gasteiger partial charge in [0, 0.05) is 29.6 Å². The lowest BCUT2D eigenvalue weighted by atomic mass is 9.99. The van der Waals surface area contributed by atoms with Crippen LogP contribution in [0.15, 0.2) is 29.3 Å². The highest BCUT2D eigenvalue weighted by Crippen LogP contribution is 2.27. The van der Waals surface area contributed by atoms with Crippen LogP contribution < -0.4 is 10.4 Å². The van der Waals surface area contributed by atoms with Gasteiger partial charge < -0.3 is 4.98 Å². The number of H-pyrrole nitrogens is 1. The Hall–Kier alpha value is -2.35. The van der Waals surface area contributed by atoms with Gasteiger partial charge in [-0.1, -0.05) is 24.3 Å². The summed E-state index contributed by atoms with van der Waals surface area (Å²) in [5.41, 5.74) is 5.03. The van der Waals surface area contributed by atoms with Crippen LogP contribution >= 0.6 is 0 Å². The van der Waals surface area contributed by atoms with Gasteiger partial charge in [-0.05, 0) is 54.5 Å². The second kappa shape index (κ2) is 5.21. The van der Waals surface area contributed by atoms with E-state index in [-0.39, 0.29) is 0 Å². The third-order valence-corrected chi connectivity index (χ3v) is 4.23. The van der Waals surface area contributed by atoms with E-state index in [1.807, 2.05) is 6.21 Å².